The number of esters is 3. The average molecular weight is 719 g/mol. The van der Waals surface area contributed by atoms with Crippen LogP contribution in [0.4, 0.5) is 0 Å². The van der Waals surface area contributed by atoms with Crippen molar-refractivity contribution < 1.29 is 72.4 Å². The summed E-state index contributed by atoms with van der Waals surface area (Å²) in [6.07, 6.45) is -1.20. The number of aliphatic hydroxyl groups is 3. The van der Waals surface area contributed by atoms with Crippen LogP contribution in [0.5, 0.6) is 0 Å². The standard InChI is InChI=1S/C36H46O15/c1-8-16(2)19(38)11-18-12-21(49-17(3)37)33(27(40)44-6)14-47-23-24(33)32(18)15-48-35(43,28(41)45-7)26(32)30(4,25(23)39)36-22-13-20(31(36,5)51-36)34(42)9-10-46-29(34)50-22/h8-10,18,20-26,29,39,42-43H,11-15H2,1-7H3/b16-8+/t18-,20+,21+,22-,23+,24-,25+,26-,29-,30+,31-,32-,33-,34-,35-,36-/m0/s1. The summed E-state index contributed by atoms with van der Waals surface area (Å²) in [6.45, 7) is 7.40. The normalized spacial score (nSPS) is 54.0. The molecule has 51 heavy (non-hydrogen) atoms. The highest BCUT2D eigenvalue weighted by molar-refractivity contribution is 5.95. The number of aliphatic hydroxyl groups excluding tert-OH is 1. The first-order valence-corrected chi connectivity index (χ1v) is 17.5. The van der Waals surface area contributed by atoms with Crippen molar-refractivity contribution in [1.29, 1.82) is 0 Å². The first-order chi connectivity index (χ1) is 23.9. The monoisotopic (exact) mass is 718 g/mol. The molecular formula is C36H46O15. The van der Waals surface area contributed by atoms with Crippen molar-refractivity contribution in [3.8, 4) is 0 Å². The van der Waals surface area contributed by atoms with Crippen LogP contribution >= 0.6 is 0 Å². The highest BCUT2D eigenvalue weighted by atomic mass is 16.7. The van der Waals surface area contributed by atoms with Gasteiger partial charge < -0.3 is 53.2 Å². The molecule has 5 heterocycles. The SMILES string of the molecule is C/C=C(\C)C(=O)C[C@H]1C[C@@H](OC(C)=O)[C@@]2(C(=O)OC)CO[C@@H]3[C@H]2[C@]12CO[C@](O)(C(=O)OC)[C@H]2[C@](C)([C@]12O[C@@]1(C)[C@H]1C[C@@H]2O[C@@H]2OC=C[C@@]21O)[C@@H]3O. The Hall–Kier alpha value is -2.92. The lowest BCUT2D eigenvalue weighted by molar-refractivity contribution is -0.310. The zero-order chi connectivity index (χ0) is 36.9. The van der Waals surface area contributed by atoms with E-state index in [0.717, 1.165) is 7.11 Å². The molecule has 3 N–H and O–H groups in total. The van der Waals surface area contributed by atoms with E-state index in [2.05, 4.69) is 0 Å². The highest BCUT2D eigenvalue weighted by Gasteiger charge is 2.96. The van der Waals surface area contributed by atoms with Crippen LogP contribution in [0.2, 0.25) is 0 Å². The molecule has 3 saturated carbocycles. The zero-order valence-corrected chi connectivity index (χ0v) is 29.7. The van der Waals surface area contributed by atoms with Gasteiger partial charge in [0.25, 0.3) is 5.79 Å². The second-order valence-electron chi connectivity index (χ2n) is 16.2. The molecule has 1 spiro atoms. The molecule has 15 nitrogen and oxygen atoms in total. The van der Waals surface area contributed by atoms with E-state index in [1.54, 1.807) is 33.8 Å². The van der Waals surface area contributed by atoms with Gasteiger partial charge in [-0.05, 0) is 51.2 Å². The predicted molar refractivity (Wildman–Crippen MR) is 168 cm³/mol. The van der Waals surface area contributed by atoms with Crippen molar-refractivity contribution in [3.63, 3.8) is 0 Å². The van der Waals surface area contributed by atoms with Gasteiger partial charge in [-0.2, -0.15) is 0 Å². The fourth-order valence-electron chi connectivity index (χ4n) is 12.7. The van der Waals surface area contributed by atoms with E-state index in [1.165, 1.54) is 26.4 Å². The van der Waals surface area contributed by atoms with Gasteiger partial charge in [-0.15, -0.1) is 0 Å². The first-order valence-electron chi connectivity index (χ1n) is 17.5. The second kappa shape index (κ2) is 10.6. The molecule has 5 aliphatic heterocycles. The summed E-state index contributed by atoms with van der Waals surface area (Å²) in [5.41, 5.74) is -8.74. The lowest BCUT2D eigenvalue weighted by Crippen LogP contribution is -2.78. The molecule has 8 aliphatic rings. The van der Waals surface area contributed by atoms with E-state index < -0.39 is 111 Å². The Kier molecular flexibility index (Phi) is 7.31. The second-order valence-corrected chi connectivity index (χ2v) is 16.2. The molecule has 0 unspecified atom stereocenters. The van der Waals surface area contributed by atoms with E-state index in [0.29, 0.717) is 5.57 Å². The first kappa shape index (κ1) is 35.1. The minimum absolute atomic E-state index is 0.0680. The maximum absolute atomic E-state index is 14.2. The summed E-state index contributed by atoms with van der Waals surface area (Å²) < 4.78 is 48.1. The van der Waals surface area contributed by atoms with Crippen molar-refractivity contribution in [2.45, 2.75) is 107 Å². The molecule has 0 aromatic heterocycles. The van der Waals surface area contributed by atoms with E-state index in [9.17, 15) is 34.5 Å². The molecular weight excluding hydrogens is 672 g/mol. The fraction of sp³-hybridized carbons (Fsp3) is 0.778. The lowest BCUT2D eigenvalue weighted by Gasteiger charge is -2.66. The Balaban J connectivity index is 1.40. The number of fused-ring (bicyclic) bond motifs is 7. The summed E-state index contributed by atoms with van der Waals surface area (Å²) >= 11 is 0. The Morgan fingerprint density at radius 1 is 1.02 bits per heavy atom. The van der Waals surface area contributed by atoms with Crippen molar-refractivity contribution in [3.05, 3.63) is 24.0 Å². The van der Waals surface area contributed by atoms with Gasteiger partial charge in [0.1, 0.15) is 22.7 Å². The number of carbonyl (C=O) groups excluding carboxylic acids is 4. The molecule has 16 atom stereocenters. The van der Waals surface area contributed by atoms with E-state index >= 15 is 0 Å². The number of ketones is 1. The largest absolute Gasteiger partial charge is 0.469 e. The average Bonchev–Trinajstić information content (AvgIpc) is 3.47. The molecule has 4 saturated heterocycles. The smallest absolute Gasteiger partial charge is 0.366 e. The molecule has 280 valence electrons. The molecule has 0 radical (unpaired) electrons. The third kappa shape index (κ3) is 3.69. The van der Waals surface area contributed by atoms with Crippen LogP contribution in [-0.2, 0) is 57.1 Å². The minimum atomic E-state index is -2.74. The number of hydrogen-bond acceptors (Lipinski definition) is 15. The van der Waals surface area contributed by atoms with Crippen molar-refractivity contribution in [1.82, 2.24) is 0 Å². The molecule has 7 fully saturated rings. The predicted octanol–water partition coefficient (Wildman–Crippen LogP) is 0.461. The Bertz CT molecular complexity index is 1660. The van der Waals surface area contributed by atoms with E-state index in [-0.39, 0.29) is 38.3 Å². The van der Waals surface area contributed by atoms with Gasteiger partial charge in [-0.25, -0.2) is 4.79 Å². The van der Waals surface area contributed by atoms with Crippen LogP contribution in [0.15, 0.2) is 24.0 Å². The number of carbonyl (C=O) groups is 4. The van der Waals surface area contributed by atoms with E-state index in [1.807, 2.05) is 0 Å². The van der Waals surface area contributed by atoms with E-state index in [4.69, 9.17) is 37.9 Å². The molecule has 0 aromatic carbocycles. The summed E-state index contributed by atoms with van der Waals surface area (Å²) in [7, 11) is 2.29. The maximum Gasteiger partial charge on any atom is 0.366 e. The number of ether oxygens (including phenoxy) is 8. The summed E-state index contributed by atoms with van der Waals surface area (Å²) in [4.78, 5) is 54.7. The van der Waals surface area contributed by atoms with Gasteiger partial charge in [0, 0.05) is 41.9 Å². The Morgan fingerprint density at radius 2 is 1.73 bits per heavy atom. The number of hydrogen-bond donors (Lipinski definition) is 3. The zero-order valence-electron chi connectivity index (χ0n) is 29.7. The summed E-state index contributed by atoms with van der Waals surface area (Å²) in [5.74, 6) is -9.55. The molecule has 2 bridgehead atoms. The van der Waals surface area contributed by atoms with Crippen LogP contribution in [0, 0.1) is 39.9 Å². The molecule has 0 amide bonds. The van der Waals surface area contributed by atoms with Gasteiger partial charge in [0.05, 0.1) is 52.0 Å². The fourth-order valence-corrected chi connectivity index (χ4v) is 12.7. The van der Waals surface area contributed by atoms with Crippen molar-refractivity contribution >= 4 is 23.7 Å². The quantitative estimate of drug-likeness (QED) is 0.142. The number of methoxy groups -OCH3 is 2. The van der Waals surface area contributed by atoms with Crippen molar-refractivity contribution in [2.75, 3.05) is 27.4 Å². The van der Waals surface area contributed by atoms with Gasteiger partial charge in [0.2, 0.25) is 6.29 Å². The molecule has 8 rings (SSSR count). The van der Waals surface area contributed by atoms with Crippen LogP contribution in [0.3, 0.4) is 0 Å². The summed E-state index contributed by atoms with van der Waals surface area (Å²) in [5, 5.41) is 37.6. The van der Waals surface area contributed by atoms with Gasteiger partial charge in [0.15, 0.2) is 11.4 Å². The number of rotatable bonds is 7. The third-order valence-corrected chi connectivity index (χ3v) is 14.7. The number of epoxide rings is 1. The summed E-state index contributed by atoms with van der Waals surface area (Å²) in [6, 6.07) is 0. The van der Waals surface area contributed by atoms with Gasteiger partial charge >= 0.3 is 17.9 Å². The molecule has 3 aliphatic carbocycles. The maximum atomic E-state index is 14.2. The molecule has 0 aromatic rings. The van der Waals surface area contributed by atoms with Crippen LogP contribution in [0.1, 0.15) is 53.9 Å². The lowest BCUT2D eigenvalue weighted by atomic mass is 9.35. The van der Waals surface area contributed by atoms with Crippen LogP contribution in [0.25, 0.3) is 0 Å². The molecule has 15 heteroatoms. The highest BCUT2D eigenvalue weighted by Crippen LogP contribution is 2.83. The minimum Gasteiger partial charge on any atom is -0.469 e. The van der Waals surface area contributed by atoms with Crippen LogP contribution in [-0.4, -0.2) is 120 Å². The number of allylic oxidation sites excluding steroid dienone is 2. The van der Waals surface area contributed by atoms with Gasteiger partial charge in [-0.1, -0.05) is 13.0 Å². The van der Waals surface area contributed by atoms with Gasteiger partial charge in [-0.3, -0.25) is 14.4 Å². The van der Waals surface area contributed by atoms with Crippen LogP contribution < -0.4 is 0 Å². The number of Topliss-reactive ketones (excluding diaryl/α,β-unsaturated/α-hetero) is 1. The third-order valence-electron chi connectivity index (χ3n) is 14.7. The van der Waals surface area contributed by atoms with Crippen molar-refractivity contribution in [2.24, 2.45) is 39.9 Å². The Morgan fingerprint density at radius 3 is 2.37 bits per heavy atom. The topological polar surface area (TPSA) is 206 Å². The Labute approximate surface area is 294 Å².